The summed E-state index contributed by atoms with van der Waals surface area (Å²) in [5, 5.41) is 3.12. The number of rotatable bonds is 6. The van der Waals surface area contributed by atoms with Gasteiger partial charge in [0.1, 0.15) is 0 Å². The molecule has 2 rings (SSSR count). The molecule has 0 aromatic rings. The molecular formula is C14H27N3O2. The van der Waals surface area contributed by atoms with Crippen molar-refractivity contribution in [2.24, 2.45) is 11.7 Å². The van der Waals surface area contributed by atoms with Crippen molar-refractivity contribution in [3.63, 3.8) is 0 Å². The minimum Gasteiger partial charge on any atom is -0.383 e. The predicted molar refractivity (Wildman–Crippen MR) is 74.8 cm³/mol. The van der Waals surface area contributed by atoms with Gasteiger partial charge in [-0.3, -0.25) is 9.69 Å². The van der Waals surface area contributed by atoms with E-state index in [0.29, 0.717) is 6.04 Å². The fraction of sp³-hybridized carbons (Fsp3) is 0.929. The van der Waals surface area contributed by atoms with E-state index in [4.69, 9.17) is 10.5 Å². The lowest BCUT2D eigenvalue weighted by molar-refractivity contribution is -0.125. The molecule has 0 aromatic carbocycles. The number of amides is 1. The van der Waals surface area contributed by atoms with Crippen molar-refractivity contribution in [3.05, 3.63) is 0 Å². The molecule has 0 spiro atoms. The molecule has 1 aliphatic carbocycles. The molecule has 0 aromatic heterocycles. The van der Waals surface area contributed by atoms with E-state index in [1.165, 1.54) is 12.8 Å². The van der Waals surface area contributed by atoms with Gasteiger partial charge in [0, 0.05) is 38.2 Å². The molecule has 5 heteroatoms. The lowest BCUT2D eigenvalue weighted by Crippen LogP contribution is -2.42. The van der Waals surface area contributed by atoms with Crippen LogP contribution < -0.4 is 11.1 Å². The zero-order valence-electron chi connectivity index (χ0n) is 11.9. The summed E-state index contributed by atoms with van der Waals surface area (Å²) in [7, 11) is 1.73. The predicted octanol–water partition coefficient (Wildman–Crippen LogP) is 0.341. The van der Waals surface area contributed by atoms with Gasteiger partial charge in [-0.25, -0.2) is 0 Å². The van der Waals surface area contributed by atoms with Gasteiger partial charge in [-0.15, -0.1) is 0 Å². The molecule has 0 bridgehead atoms. The van der Waals surface area contributed by atoms with Crippen LogP contribution in [0.2, 0.25) is 0 Å². The van der Waals surface area contributed by atoms with Crippen molar-refractivity contribution < 1.29 is 9.53 Å². The molecule has 1 amide bonds. The summed E-state index contributed by atoms with van der Waals surface area (Å²) in [4.78, 5) is 14.5. The minimum atomic E-state index is 0.142. The molecule has 1 saturated carbocycles. The van der Waals surface area contributed by atoms with E-state index in [1.54, 1.807) is 7.11 Å². The highest BCUT2D eigenvalue weighted by Gasteiger charge is 2.29. The molecule has 2 fully saturated rings. The zero-order chi connectivity index (χ0) is 13.7. The normalized spacial score (nSPS) is 31.8. The lowest BCUT2D eigenvalue weighted by Gasteiger charge is -2.24. The Bertz CT molecular complexity index is 298. The van der Waals surface area contributed by atoms with E-state index < -0.39 is 0 Å². The van der Waals surface area contributed by atoms with Gasteiger partial charge in [-0.1, -0.05) is 0 Å². The largest absolute Gasteiger partial charge is 0.383 e. The van der Waals surface area contributed by atoms with Gasteiger partial charge in [0.05, 0.1) is 6.61 Å². The summed E-state index contributed by atoms with van der Waals surface area (Å²) in [6.45, 7) is 3.62. The third-order valence-electron chi connectivity index (χ3n) is 4.44. The highest BCUT2D eigenvalue weighted by molar-refractivity contribution is 5.79. The first kappa shape index (κ1) is 14.8. The van der Waals surface area contributed by atoms with Crippen LogP contribution in [0.3, 0.4) is 0 Å². The van der Waals surface area contributed by atoms with Crippen LogP contribution in [0.15, 0.2) is 0 Å². The Hall–Kier alpha value is -0.650. The van der Waals surface area contributed by atoms with E-state index in [1.807, 2.05) is 0 Å². The number of nitrogens with two attached hydrogens (primary N) is 1. The molecule has 110 valence electrons. The standard InChI is InChI=1S/C14H27N3O2/c1-19-8-7-17-6-2-3-13(17)10-16-14(18)11-4-5-12(15)9-11/h11-13H,2-10,15H2,1H3,(H,16,18). The Morgan fingerprint density at radius 1 is 1.42 bits per heavy atom. The molecule has 1 aliphatic heterocycles. The number of hydrogen-bond donors (Lipinski definition) is 2. The number of carbonyl (C=O) groups is 1. The van der Waals surface area contributed by atoms with E-state index in [2.05, 4.69) is 10.2 Å². The number of ether oxygens (including phenoxy) is 1. The van der Waals surface area contributed by atoms with Crippen molar-refractivity contribution in [2.45, 2.75) is 44.2 Å². The molecule has 5 nitrogen and oxygen atoms in total. The van der Waals surface area contributed by atoms with Crippen molar-refractivity contribution >= 4 is 5.91 Å². The number of hydrogen-bond acceptors (Lipinski definition) is 4. The molecule has 3 N–H and O–H groups in total. The van der Waals surface area contributed by atoms with Gasteiger partial charge >= 0.3 is 0 Å². The Morgan fingerprint density at radius 2 is 2.26 bits per heavy atom. The number of nitrogens with one attached hydrogen (secondary N) is 1. The molecule has 1 heterocycles. The van der Waals surface area contributed by atoms with Gasteiger partial charge in [0.25, 0.3) is 0 Å². The number of methoxy groups -OCH3 is 1. The van der Waals surface area contributed by atoms with E-state index in [9.17, 15) is 4.79 Å². The SMILES string of the molecule is COCCN1CCCC1CNC(=O)C1CCC(N)C1. The second-order valence-corrected chi connectivity index (χ2v) is 5.84. The van der Waals surface area contributed by atoms with Gasteiger partial charge < -0.3 is 15.8 Å². The van der Waals surface area contributed by atoms with Crippen LogP contribution in [0.25, 0.3) is 0 Å². The lowest BCUT2D eigenvalue weighted by atomic mass is 10.1. The number of likely N-dealkylation sites (tertiary alicyclic amines) is 1. The van der Waals surface area contributed by atoms with Crippen molar-refractivity contribution in [1.82, 2.24) is 10.2 Å². The Kier molecular flexibility index (Phi) is 5.60. The smallest absolute Gasteiger partial charge is 0.223 e. The van der Waals surface area contributed by atoms with Crippen LogP contribution in [0.5, 0.6) is 0 Å². The molecule has 2 aliphatic rings. The highest BCUT2D eigenvalue weighted by Crippen LogP contribution is 2.24. The summed E-state index contributed by atoms with van der Waals surface area (Å²) in [5.74, 6) is 0.343. The van der Waals surface area contributed by atoms with Crippen LogP contribution in [0, 0.1) is 5.92 Å². The first-order valence-corrected chi connectivity index (χ1v) is 7.47. The Balaban J connectivity index is 1.70. The molecule has 1 saturated heterocycles. The van der Waals surface area contributed by atoms with E-state index in [-0.39, 0.29) is 17.9 Å². The summed E-state index contributed by atoms with van der Waals surface area (Å²) in [5.41, 5.74) is 5.86. The van der Waals surface area contributed by atoms with Crippen LogP contribution in [0.4, 0.5) is 0 Å². The fourth-order valence-electron chi connectivity index (χ4n) is 3.25. The van der Waals surface area contributed by atoms with Gasteiger partial charge in [-0.05, 0) is 38.6 Å². The molecule has 3 unspecified atom stereocenters. The Labute approximate surface area is 115 Å². The first-order chi connectivity index (χ1) is 9.20. The third kappa shape index (κ3) is 4.16. The molecular weight excluding hydrogens is 242 g/mol. The Morgan fingerprint density at radius 3 is 2.95 bits per heavy atom. The summed E-state index contributed by atoms with van der Waals surface area (Å²) in [6, 6.07) is 0.703. The molecule has 0 radical (unpaired) electrons. The summed E-state index contributed by atoms with van der Waals surface area (Å²) >= 11 is 0. The summed E-state index contributed by atoms with van der Waals surface area (Å²) in [6.07, 6.45) is 5.18. The molecule has 3 atom stereocenters. The van der Waals surface area contributed by atoms with Crippen LogP contribution in [0.1, 0.15) is 32.1 Å². The van der Waals surface area contributed by atoms with Crippen molar-refractivity contribution in [2.75, 3.05) is 33.4 Å². The number of carbonyl (C=O) groups excluding carboxylic acids is 1. The number of nitrogens with zero attached hydrogens (tertiary/aromatic N) is 1. The second-order valence-electron chi connectivity index (χ2n) is 5.84. The van der Waals surface area contributed by atoms with Crippen molar-refractivity contribution in [3.8, 4) is 0 Å². The van der Waals surface area contributed by atoms with Gasteiger partial charge in [0.2, 0.25) is 5.91 Å². The van der Waals surface area contributed by atoms with Crippen molar-refractivity contribution in [1.29, 1.82) is 0 Å². The average Bonchev–Trinajstić information content (AvgIpc) is 3.02. The highest BCUT2D eigenvalue weighted by atomic mass is 16.5. The first-order valence-electron chi connectivity index (χ1n) is 7.47. The maximum atomic E-state index is 12.1. The van der Waals surface area contributed by atoms with Crippen LogP contribution in [-0.2, 0) is 9.53 Å². The van der Waals surface area contributed by atoms with Gasteiger partial charge in [0.15, 0.2) is 0 Å². The molecule has 19 heavy (non-hydrogen) atoms. The van der Waals surface area contributed by atoms with Crippen LogP contribution >= 0.6 is 0 Å². The van der Waals surface area contributed by atoms with Gasteiger partial charge in [-0.2, -0.15) is 0 Å². The average molecular weight is 269 g/mol. The monoisotopic (exact) mass is 269 g/mol. The second kappa shape index (κ2) is 7.22. The maximum absolute atomic E-state index is 12.1. The van der Waals surface area contributed by atoms with E-state index in [0.717, 1.165) is 45.5 Å². The summed E-state index contributed by atoms with van der Waals surface area (Å²) < 4.78 is 5.13. The minimum absolute atomic E-state index is 0.142. The zero-order valence-corrected chi connectivity index (χ0v) is 11.9. The quantitative estimate of drug-likeness (QED) is 0.730. The third-order valence-corrected chi connectivity index (χ3v) is 4.44. The fourth-order valence-corrected chi connectivity index (χ4v) is 3.25. The maximum Gasteiger partial charge on any atom is 0.223 e. The van der Waals surface area contributed by atoms with E-state index >= 15 is 0 Å². The topological polar surface area (TPSA) is 67.6 Å². The van der Waals surface area contributed by atoms with Crippen LogP contribution in [-0.4, -0.2) is 56.2 Å².